The topological polar surface area (TPSA) is 46.6 Å². The van der Waals surface area contributed by atoms with Gasteiger partial charge < -0.3 is 4.74 Å². The van der Waals surface area contributed by atoms with Gasteiger partial charge in [0.05, 0.1) is 10.9 Å². The maximum atomic E-state index is 12.7. The van der Waals surface area contributed by atoms with Gasteiger partial charge in [0, 0.05) is 19.0 Å². The first kappa shape index (κ1) is 17.7. The molecule has 1 aliphatic rings. The first-order chi connectivity index (χ1) is 11.4. The van der Waals surface area contributed by atoms with Gasteiger partial charge in [0.2, 0.25) is 0 Å². The number of halogens is 1. The molecule has 0 spiro atoms. The second-order valence-corrected chi connectivity index (χ2v) is 9.93. The Kier molecular flexibility index (Phi) is 5.49. The molecule has 1 atom stereocenters. The van der Waals surface area contributed by atoms with E-state index in [1.807, 2.05) is 31.2 Å². The molecule has 1 fully saturated rings. The van der Waals surface area contributed by atoms with Crippen LogP contribution in [0.25, 0.3) is 0 Å². The minimum atomic E-state index is -3.45. The van der Waals surface area contributed by atoms with Crippen molar-refractivity contribution in [1.29, 1.82) is 0 Å². The Morgan fingerprint density at radius 3 is 2.67 bits per heavy atom. The number of rotatable bonds is 5. The number of ether oxygens (including phenoxy) is 1. The van der Waals surface area contributed by atoms with Crippen molar-refractivity contribution in [3.05, 3.63) is 46.3 Å². The van der Waals surface area contributed by atoms with Gasteiger partial charge >= 0.3 is 0 Å². The van der Waals surface area contributed by atoms with Crippen LogP contribution in [-0.4, -0.2) is 32.4 Å². The number of benzene rings is 1. The molecule has 0 saturated carbocycles. The Balaban J connectivity index is 1.62. The number of aryl methyl sites for hydroxylation is 1. The molecule has 1 saturated heterocycles. The third-order valence-electron chi connectivity index (χ3n) is 4.13. The van der Waals surface area contributed by atoms with Crippen molar-refractivity contribution in [2.75, 3.05) is 19.7 Å². The van der Waals surface area contributed by atoms with Gasteiger partial charge in [-0.2, -0.15) is 4.31 Å². The molecular weight excluding hydrogens is 366 g/mol. The first-order valence-electron chi connectivity index (χ1n) is 7.90. The molecular formula is C17H20ClNO3S2. The van der Waals surface area contributed by atoms with E-state index in [-0.39, 0.29) is 5.92 Å². The lowest BCUT2D eigenvalue weighted by molar-refractivity contribution is 0.180. The normalized spacial score (nSPS) is 19.3. The average molecular weight is 386 g/mol. The molecule has 1 aromatic carbocycles. The lowest BCUT2D eigenvalue weighted by atomic mass is 10.0. The fourth-order valence-corrected chi connectivity index (χ4v) is 5.99. The van der Waals surface area contributed by atoms with Crippen molar-refractivity contribution in [3.63, 3.8) is 0 Å². The van der Waals surface area contributed by atoms with Gasteiger partial charge in [-0.25, -0.2) is 8.42 Å². The Bertz CT molecular complexity index is 786. The number of piperidine rings is 1. The molecule has 130 valence electrons. The van der Waals surface area contributed by atoms with Crippen molar-refractivity contribution < 1.29 is 13.2 Å². The third-order valence-corrected chi connectivity index (χ3v) is 7.69. The highest BCUT2D eigenvalue weighted by molar-refractivity contribution is 7.91. The van der Waals surface area contributed by atoms with Crippen LogP contribution < -0.4 is 4.74 Å². The van der Waals surface area contributed by atoms with E-state index in [0.717, 1.165) is 29.9 Å². The minimum Gasteiger partial charge on any atom is -0.493 e. The molecule has 7 heteroatoms. The number of thiophene rings is 1. The molecule has 3 rings (SSSR count). The highest BCUT2D eigenvalue weighted by atomic mass is 35.5. The summed E-state index contributed by atoms with van der Waals surface area (Å²) in [5, 5.41) is 0. The van der Waals surface area contributed by atoms with E-state index in [0.29, 0.717) is 28.2 Å². The van der Waals surface area contributed by atoms with Crippen LogP contribution in [0, 0.1) is 12.8 Å². The van der Waals surface area contributed by atoms with E-state index in [1.54, 1.807) is 16.4 Å². The molecule has 2 aromatic rings. The molecule has 0 aliphatic carbocycles. The van der Waals surface area contributed by atoms with E-state index in [4.69, 9.17) is 16.3 Å². The van der Waals surface area contributed by atoms with Gasteiger partial charge in [0.1, 0.15) is 9.96 Å². The quantitative estimate of drug-likeness (QED) is 0.775. The summed E-state index contributed by atoms with van der Waals surface area (Å²) in [6.07, 6.45) is 1.82. The van der Waals surface area contributed by atoms with Crippen LogP contribution in [0.4, 0.5) is 0 Å². The average Bonchev–Trinajstić information content (AvgIpc) is 3.02. The zero-order valence-electron chi connectivity index (χ0n) is 13.4. The third kappa shape index (κ3) is 4.11. The minimum absolute atomic E-state index is 0.199. The van der Waals surface area contributed by atoms with Crippen molar-refractivity contribution in [3.8, 4) is 5.75 Å². The maximum Gasteiger partial charge on any atom is 0.252 e. The summed E-state index contributed by atoms with van der Waals surface area (Å²) in [6.45, 7) is 3.60. The van der Waals surface area contributed by atoms with Crippen LogP contribution in [0.2, 0.25) is 4.34 Å². The standard InChI is InChI=1S/C17H20ClNO3S2/c1-13-4-6-15(7-5-13)22-12-14-3-2-10-19(11-14)24(20,21)17-9-8-16(18)23-17/h4-9,14H,2-3,10-12H2,1H3. The summed E-state index contributed by atoms with van der Waals surface area (Å²) in [5.41, 5.74) is 1.19. The van der Waals surface area contributed by atoms with Gasteiger partial charge in [-0.1, -0.05) is 29.3 Å². The number of nitrogens with zero attached hydrogens (tertiary/aromatic N) is 1. The van der Waals surface area contributed by atoms with E-state index in [2.05, 4.69) is 0 Å². The summed E-state index contributed by atoms with van der Waals surface area (Å²) in [5.74, 6) is 1.02. The molecule has 24 heavy (non-hydrogen) atoms. The van der Waals surface area contributed by atoms with E-state index >= 15 is 0 Å². The molecule has 1 aromatic heterocycles. The van der Waals surface area contributed by atoms with Gasteiger partial charge in [0.15, 0.2) is 0 Å². The van der Waals surface area contributed by atoms with Crippen LogP contribution in [0.3, 0.4) is 0 Å². The van der Waals surface area contributed by atoms with Crippen molar-refractivity contribution in [2.45, 2.75) is 24.0 Å². The fourth-order valence-electron chi connectivity index (χ4n) is 2.79. The summed E-state index contributed by atoms with van der Waals surface area (Å²) in [6, 6.07) is 11.1. The summed E-state index contributed by atoms with van der Waals surface area (Å²) >= 11 is 6.98. The van der Waals surface area contributed by atoms with Crippen molar-refractivity contribution in [1.82, 2.24) is 4.31 Å². The molecule has 2 heterocycles. The fraction of sp³-hybridized carbons (Fsp3) is 0.412. The van der Waals surface area contributed by atoms with Gasteiger partial charge in [-0.3, -0.25) is 0 Å². The van der Waals surface area contributed by atoms with E-state index in [1.165, 1.54) is 5.56 Å². The summed E-state index contributed by atoms with van der Waals surface area (Å²) in [7, 11) is -3.45. The predicted molar refractivity (Wildman–Crippen MR) is 97.5 cm³/mol. The van der Waals surface area contributed by atoms with Crippen molar-refractivity contribution in [2.24, 2.45) is 5.92 Å². The lowest BCUT2D eigenvalue weighted by Gasteiger charge is -2.31. The molecule has 1 unspecified atom stereocenters. The SMILES string of the molecule is Cc1ccc(OCC2CCCN(S(=O)(=O)c3ccc(Cl)s3)C2)cc1. The Morgan fingerprint density at radius 1 is 1.25 bits per heavy atom. The van der Waals surface area contributed by atoms with Crippen LogP contribution in [0.5, 0.6) is 5.75 Å². The highest BCUT2D eigenvalue weighted by Gasteiger charge is 2.31. The molecule has 1 aliphatic heterocycles. The predicted octanol–water partition coefficient (Wildman–Crippen LogP) is 4.19. The van der Waals surface area contributed by atoms with Crippen LogP contribution in [0.1, 0.15) is 18.4 Å². The largest absolute Gasteiger partial charge is 0.493 e. The van der Waals surface area contributed by atoms with E-state index < -0.39 is 10.0 Å². The molecule has 0 amide bonds. The number of sulfonamides is 1. The lowest BCUT2D eigenvalue weighted by Crippen LogP contribution is -2.41. The van der Waals surface area contributed by atoms with Gasteiger partial charge in [0.25, 0.3) is 10.0 Å². The van der Waals surface area contributed by atoms with Crippen LogP contribution >= 0.6 is 22.9 Å². The maximum absolute atomic E-state index is 12.7. The molecule has 0 N–H and O–H groups in total. The molecule has 0 bridgehead atoms. The first-order valence-corrected chi connectivity index (χ1v) is 10.5. The van der Waals surface area contributed by atoms with Crippen molar-refractivity contribution >= 4 is 33.0 Å². The second-order valence-electron chi connectivity index (χ2n) is 6.05. The smallest absolute Gasteiger partial charge is 0.252 e. The van der Waals surface area contributed by atoms with Gasteiger partial charge in [-0.05, 0) is 44.0 Å². The summed E-state index contributed by atoms with van der Waals surface area (Å²) in [4.78, 5) is 0. The van der Waals surface area contributed by atoms with Gasteiger partial charge in [-0.15, -0.1) is 11.3 Å². The molecule has 4 nitrogen and oxygen atoms in total. The second kappa shape index (κ2) is 7.44. The van der Waals surface area contributed by atoms with E-state index in [9.17, 15) is 8.42 Å². The molecule has 0 radical (unpaired) electrons. The monoisotopic (exact) mass is 385 g/mol. The summed E-state index contributed by atoms with van der Waals surface area (Å²) < 4.78 is 33.6. The Morgan fingerprint density at radius 2 is 2.00 bits per heavy atom. The van der Waals surface area contributed by atoms with Crippen LogP contribution in [-0.2, 0) is 10.0 Å². The number of hydrogen-bond donors (Lipinski definition) is 0. The zero-order valence-corrected chi connectivity index (χ0v) is 15.8. The Hall–Kier alpha value is -1.08. The zero-order chi connectivity index (χ0) is 17.2. The Labute approximate surface area is 152 Å². The number of hydrogen-bond acceptors (Lipinski definition) is 4. The highest BCUT2D eigenvalue weighted by Crippen LogP contribution is 2.30. The van der Waals surface area contributed by atoms with Crippen LogP contribution in [0.15, 0.2) is 40.6 Å².